The van der Waals surface area contributed by atoms with Crippen LogP contribution >= 0.6 is 11.3 Å². The molecule has 8 heteroatoms. The maximum absolute atomic E-state index is 12.2. The molecule has 0 aromatic carbocycles. The summed E-state index contributed by atoms with van der Waals surface area (Å²) in [5.74, 6) is -0.899. The van der Waals surface area contributed by atoms with Crippen LogP contribution in [0.4, 0.5) is 9.80 Å². The number of rotatable bonds is 2. The molecular formula is C13H15N3O4S. The number of nitrogens with one attached hydrogen (secondary N) is 1. The van der Waals surface area contributed by atoms with Crippen molar-refractivity contribution in [3.05, 3.63) is 17.0 Å². The van der Waals surface area contributed by atoms with Gasteiger partial charge in [-0.3, -0.25) is 10.1 Å². The topological polar surface area (TPSA) is 89.9 Å². The van der Waals surface area contributed by atoms with Crippen molar-refractivity contribution in [2.24, 2.45) is 0 Å². The molecule has 2 N–H and O–H groups in total. The fourth-order valence-corrected chi connectivity index (χ4v) is 3.57. The summed E-state index contributed by atoms with van der Waals surface area (Å²) in [6, 6.07) is 1.26. The molecule has 3 heterocycles. The Hall–Kier alpha value is -2.09. The number of thiophene rings is 1. The lowest BCUT2D eigenvalue weighted by molar-refractivity contribution is -0.130. The highest BCUT2D eigenvalue weighted by Gasteiger charge is 2.37. The molecule has 2 aliphatic rings. The van der Waals surface area contributed by atoms with E-state index in [0.29, 0.717) is 31.1 Å². The van der Waals surface area contributed by atoms with E-state index in [1.54, 1.807) is 10.3 Å². The van der Waals surface area contributed by atoms with Gasteiger partial charge >= 0.3 is 12.0 Å². The number of carbonyl (C=O) groups excluding carboxylic acids is 2. The van der Waals surface area contributed by atoms with Gasteiger partial charge < -0.3 is 14.9 Å². The number of carboxylic acid groups (broad SMARTS) is 1. The van der Waals surface area contributed by atoms with Crippen LogP contribution in [-0.2, 0) is 4.79 Å². The van der Waals surface area contributed by atoms with Crippen LogP contribution in [0.25, 0.3) is 0 Å². The molecule has 112 valence electrons. The van der Waals surface area contributed by atoms with Crippen LogP contribution in [0.3, 0.4) is 0 Å². The average Bonchev–Trinajstić information content (AvgIpc) is 3.06. The van der Waals surface area contributed by atoms with Crippen LogP contribution in [0.1, 0.15) is 23.2 Å². The number of piperazine rings is 1. The molecule has 0 bridgehead atoms. The predicted octanol–water partition coefficient (Wildman–Crippen LogP) is 1.28. The van der Waals surface area contributed by atoms with E-state index in [2.05, 4.69) is 5.32 Å². The maximum atomic E-state index is 12.2. The summed E-state index contributed by atoms with van der Waals surface area (Å²) in [6.45, 7) is 1.53. The quantitative estimate of drug-likeness (QED) is 0.861. The summed E-state index contributed by atoms with van der Waals surface area (Å²) in [4.78, 5) is 38.3. The van der Waals surface area contributed by atoms with E-state index < -0.39 is 5.97 Å². The van der Waals surface area contributed by atoms with Gasteiger partial charge in [0.25, 0.3) is 0 Å². The van der Waals surface area contributed by atoms with Gasteiger partial charge in [-0.05, 0) is 17.9 Å². The first-order valence-corrected chi connectivity index (χ1v) is 7.60. The Bertz CT molecular complexity index is 600. The van der Waals surface area contributed by atoms with Gasteiger partial charge in [-0.1, -0.05) is 0 Å². The molecule has 2 aliphatic heterocycles. The highest BCUT2D eigenvalue weighted by atomic mass is 32.1. The fraction of sp³-hybridized carbons (Fsp3) is 0.462. The lowest BCUT2D eigenvalue weighted by Crippen LogP contribution is -2.54. The number of anilines is 1. The van der Waals surface area contributed by atoms with Gasteiger partial charge in [-0.25, -0.2) is 9.59 Å². The van der Waals surface area contributed by atoms with Gasteiger partial charge in [0.2, 0.25) is 5.91 Å². The lowest BCUT2D eigenvalue weighted by atomic mass is 10.2. The number of hydrogen-bond acceptors (Lipinski definition) is 4. The van der Waals surface area contributed by atoms with E-state index in [0.717, 1.165) is 6.42 Å². The Labute approximate surface area is 125 Å². The zero-order chi connectivity index (χ0) is 15.0. The number of aromatic carboxylic acids is 1. The number of urea groups is 1. The minimum Gasteiger partial charge on any atom is -0.478 e. The van der Waals surface area contributed by atoms with E-state index >= 15 is 0 Å². The summed E-state index contributed by atoms with van der Waals surface area (Å²) in [5, 5.41) is 13.7. The molecule has 0 radical (unpaired) electrons. The summed E-state index contributed by atoms with van der Waals surface area (Å²) in [6.07, 6.45) is 1.33. The minimum atomic E-state index is -1.06. The summed E-state index contributed by atoms with van der Waals surface area (Å²) >= 11 is 1.19. The molecule has 0 aliphatic carbocycles. The van der Waals surface area contributed by atoms with Crippen molar-refractivity contribution < 1.29 is 19.5 Å². The van der Waals surface area contributed by atoms with Gasteiger partial charge in [-0.15, -0.1) is 11.3 Å². The average molecular weight is 309 g/mol. The Morgan fingerprint density at radius 3 is 2.95 bits per heavy atom. The van der Waals surface area contributed by atoms with Crippen LogP contribution in [-0.4, -0.2) is 58.5 Å². The number of amides is 3. The maximum Gasteiger partial charge on any atom is 0.338 e. The van der Waals surface area contributed by atoms with E-state index in [1.165, 1.54) is 17.4 Å². The van der Waals surface area contributed by atoms with Gasteiger partial charge in [0, 0.05) is 32.1 Å². The zero-order valence-electron chi connectivity index (χ0n) is 11.2. The second-order valence-electron chi connectivity index (χ2n) is 5.12. The molecule has 3 amide bonds. The van der Waals surface area contributed by atoms with Gasteiger partial charge in [0.1, 0.15) is 5.00 Å². The van der Waals surface area contributed by atoms with Crippen LogP contribution < -0.4 is 5.32 Å². The molecule has 3 rings (SSSR count). The number of carboxylic acids is 1. The van der Waals surface area contributed by atoms with Gasteiger partial charge in [-0.2, -0.15) is 0 Å². The fourth-order valence-electron chi connectivity index (χ4n) is 2.80. The van der Waals surface area contributed by atoms with Crippen molar-refractivity contribution in [1.82, 2.24) is 9.80 Å². The van der Waals surface area contributed by atoms with E-state index in [9.17, 15) is 14.4 Å². The van der Waals surface area contributed by atoms with E-state index in [1.807, 2.05) is 4.90 Å². The number of nitrogens with zero attached hydrogens (tertiary/aromatic N) is 2. The molecule has 21 heavy (non-hydrogen) atoms. The molecule has 7 nitrogen and oxygen atoms in total. The summed E-state index contributed by atoms with van der Waals surface area (Å²) in [5.41, 5.74) is 0.100. The number of carbonyl (C=O) groups is 3. The smallest absolute Gasteiger partial charge is 0.338 e. The Kier molecular flexibility index (Phi) is 3.54. The first-order chi connectivity index (χ1) is 10.1. The van der Waals surface area contributed by atoms with Gasteiger partial charge in [0.15, 0.2) is 0 Å². The molecule has 1 aromatic rings. The Morgan fingerprint density at radius 2 is 2.19 bits per heavy atom. The molecule has 1 atom stereocenters. The van der Waals surface area contributed by atoms with Crippen LogP contribution in [0, 0.1) is 0 Å². The standard InChI is InChI=1S/C13H15N3O4S/c17-10-2-1-8-7-15(4-5-16(8)10)13(20)14-11-9(12(18)19)3-6-21-11/h3,6,8H,1-2,4-5,7H2,(H,14,20)(H,18,19). The first kappa shape index (κ1) is 13.9. The van der Waals surface area contributed by atoms with Crippen LogP contribution in [0.2, 0.25) is 0 Å². The molecule has 1 unspecified atom stereocenters. The van der Waals surface area contributed by atoms with Crippen LogP contribution in [0.5, 0.6) is 0 Å². The second kappa shape index (κ2) is 5.36. The summed E-state index contributed by atoms with van der Waals surface area (Å²) < 4.78 is 0. The van der Waals surface area contributed by atoms with E-state index in [-0.39, 0.29) is 23.5 Å². The number of hydrogen-bond donors (Lipinski definition) is 2. The summed E-state index contributed by atoms with van der Waals surface area (Å²) in [7, 11) is 0. The SMILES string of the molecule is O=C(O)c1ccsc1NC(=O)N1CCN2C(=O)CCC2C1. The van der Waals surface area contributed by atoms with Crippen molar-refractivity contribution in [2.45, 2.75) is 18.9 Å². The largest absolute Gasteiger partial charge is 0.478 e. The highest BCUT2D eigenvalue weighted by molar-refractivity contribution is 7.14. The monoisotopic (exact) mass is 309 g/mol. The predicted molar refractivity (Wildman–Crippen MR) is 76.6 cm³/mol. The second-order valence-corrected chi connectivity index (χ2v) is 6.04. The van der Waals surface area contributed by atoms with Crippen molar-refractivity contribution in [3.63, 3.8) is 0 Å². The first-order valence-electron chi connectivity index (χ1n) is 6.72. The van der Waals surface area contributed by atoms with Crippen molar-refractivity contribution in [2.75, 3.05) is 25.0 Å². The molecule has 0 saturated carbocycles. The van der Waals surface area contributed by atoms with Crippen molar-refractivity contribution in [3.8, 4) is 0 Å². The zero-order valence-corrected chi connectivity index (χ0v) is 12.1. The van der Waals surface area contributed by atoms with Gasteiger partial charge in [0.05, 0.1) is 5.56 Å². The highest BCUT2D eigenvalue weighted by Crippen LogP contribution is 2.26. The molecule has 1 aromatic heterocycles. The normalized spacial score (nSPS) is 21.3. The molecule has 2 fully saturated rings. The van der Waals surface area contributed by atoms with Crippen molar-refractivity contribution in [1.29, 1.82) is 0 Å². The third-order valence-corrected chi connectivity index (χ3v) is 4.73. The van der Waals surface area contributed by atoms with Crippen molar-refractivity contribution >= 4 is 34.2 Å². The molecule has 0 spiro atoms. The Balaban J connectivity index is 1.65. The molecular weight excluding hydrogens is 294 g/mol. The van der Waals surface area contributed by atoms with E-state index in [4.69, 9.17) is 5.11 Å². The van der Waals surface area contributed by atoms with Crippen LogP contribution in [0.15, 0.2) is 11.4 Å². The minimum absolute atomic E-state index is 0.0966. The third kappa shape index (κ3) is 2.58. The third-order valence-electron chi connectivity index (χ3n) is 3.90. The number of fused-ring (bicyclic) bond motifs is 1. The lowest BCUT2D eigenvalue weighted by Gasteiger charge is -2.37. The molecule has 2 saturated heterocycles. The Morgan fingerprint density at radius 1 is 1.38 bits per heavy atom.